The predicted molar refractivity (Wildman–Crippen MR) is 77.0 cm³/mol. The van der Waals surface area contributed by atoms with Crippen LogP contribution in [0.2, 0.25) is 0 Å². The van der Waals surface area contributed by atoms with Gasteiger partial charge in [-0.2, -0.15) is 5.10 Å². The number of hydrogen-bond donors (Lipinski definition) is 2. The fourth-order valence-electron chi connectivity index (χ4n) is 2.16. The quantitative estimate of drug-likeness (QED) is 0.769. The summed E-state index contributed by atoms with van der Waals surface area (Å²) in [5.74, 6) is 0.281. The third kappa shape index (κ3) is 2.43. The van der Waals surface area contributed by atoms with Gasteiger partial charge in [0.15, 0.2) is 5.69 Å². The minimum absolute atomic E-state index is 0.184. The fraction of sp³-hybridized carbons (Fsp3) is 0.133. The molecule has 3 aromatic rings. The molecule has 0 bridgehead atoms. The Balaban J connectivity index is 1.95. The van der Waals surface area contributed by atoms with Crippen molar-refractivity contribution in [1.82, 2.24) is 15.5 Å². The van der Waals surface area contributed by atoms with E-state index >= 15 is 0 Å². The second-order valence-electron chi connectivity index (χ2n) is 4.66. The summed E-state index contributed by atoms with van der Waals surface area (Å²) in [7, 11) is 0. The van der Waals surface area contributed by atoms with Gasteiger partial charge in [0.25, 0.3) is 11.5 Å². The molecular weight excluding hydrogens is 270 g/mol. The van der Waals surface area contributed by atoms with Crippen LogP contribution in [-0.4, -0.2) is 16.1 Å². The molecule has 1 atom stereocenters. The first-order valence-electron chi connectivity index (χ1n) is 6.48. The molecule has 0 aliphatic heterocycles. The lowest BCUT2D eigenvalue weighted by atomic mass is 10.1. The van der Waals surface area contributed by atoms with Gasteiger partial charge in [0.1, 0.15) is 5.76 Å². The number of aromatic nitrogens is 2. The molecule has 0 spiro atoms. The Labute approximate surface area is 119 Å². The lowest BCUT2D eigenvalue weighted by molar-refractivity contribution is 0.0931. The number of benzene rings is 1. The van der Waals surface area contributed by atoms with Gasteiger partial charge in [0.05, 0.1) is 17.7 Å². The van der Waals surface area contributed by atoms with Gasteiger partial charge in [0.2, 0.25) is 0 Å². The highest BCUT2D eigenvalue weighted by molar-refractivity contribution is 6.04. The van der Waals surface area contributed by atoms with Crippen LogP contribution in [0.25, 0.3) is 10.8 Å². The van der Waals surface area contributed by atoms with Crippen LogP contribution >= 0.6 is 0 Å². The number of nitrogens with one attached hydrogen (secondary N) is 2. The van der Waals surface area contributed by atoms with E-state index in [4.69, 9.17) is 4.42 Å². The van der Waals surface area contributed by atoms with Crippen molar-refractivity contribution in [3.8, 4) is 0 Å². The van der Waals surface area contributed by atoms with Gasteiger partial charge in [-0.15, -0.1) is 0 Å². The van der Waals surface area contributed by atoms with E-state index in [2.05, 4.69) is 15.5 Å². The number of furan rings is 1. The average molecular weight is 283 g/mol. The van der Waals surface area contributed by atoms with Gasteiger partial charge in [-0.1, -0.05) is 18.2 Å². The molecule has 0 aliphatic carbocycles. The molecule has 1 aromatic carbocycles. The number of rotatable bonds is 3. The zero-order valence-corrected chi connectivity index (χ0v) is 11.3. The first kappa shape index (κ1) is 13.1. The van der Waals surface area contributed by atoms with Crippen molar-refractivity contribution in [3.63, 3.8) is 0 Å². The second-order valence-corrected chi connectivity index (χ2v) is 4.66. The van der Waals surface area contributed by atoms with Crippen molar-refractivity contribution in [2.45, 2.75) is 13.0 Å². The maximum absolute atomic E-state index is 12.3. The molecule has 3 rings (SSSR count). The first-order valence-corrected chi connectivity index (χ1v) is 6.48. The van der Waals surface area contributed by atoms with Crippen molar-refractivity contribution in [2.24, 2.45) is 0 Å². The molecule has 0 radical (unpaired) electrons. The normalized spacial score (nSPS) is 12.2. The van der Waals surface area contributed by atoms with Crippen LogP contribution in [0, 0.1) is 0 Å². The average Bonchev–Trinajstić information content (AvgIpc) is 3.02. The Bertz CT molecular complexity index is 837. The summed E-state index contributed by atoms with van der Waals surface area (Å²) in [6, 6.07) is 10.1. The predicted octanol–water partition coefficient (Wildman–Crippen LogP) is 2.01. The van der Waals surface area contributed by atoms with Crippen molar-refractivity contribution in [3.05, 3.63) is 64.5 Å². The molecule has 1 unspecified atom stereocenters. The number of amides is 1. The molecule has 0 fully saturated rings. The monoisotopic (exact) mass is 283 g/mol. The van der Waals surface area contributed by atoms with Crippen LogP contribution in [0.4, 0.5) is 0 Å². The Morgan fingerprint density at radius 2 is 2.00 bits per heavy atom. The number of carbonyl (C=O) groups excluding carboxylic acids is 1. The molecule has 0 saturated carbocycles. The Kier molecular flexibility index (Phi) is 3.27. The minimum Gasteiger partial charge on any atom is -0.467 e. The van der Waals surface area contributed by atoms with Crippen molar-refractivity contribution < 1.29 is 9.21 Å². The highest BCUT2D eigenvalue weighted by Crippen LogP contribution is 2.16. The number of hydrogen-bond acceptors (Lipinski definition) is 4. The zero-order valence-electron chi connectivity index (χ0n) is 11.3. The molecule has 0 aliphatic rings. The van der Waals surface area contributed by atoms with Crippen LogP contribution < -0.4 is 10.9 Å². The lowest BCUT2D eigenvalue weighted by Gasteiger charge is -2.11. The van der Waals surface area contributed by atoms with Gasteiger partial charge >= 0.3 is 0 Å². The lowest BCUT2D eigenvalue weighted by Crippen LogP contribution is -2.28. The highest BCUT2D eigenvalue weighted by Gasteiger charge is 2.17. The molecule has 2 N–H and O–H groups in total. The SMILES string of the molecule is CC(NC(=O)c1n[nH]c(=O)c2ccccc12)c1ccco1. The molecule has 6 nitrogen and oxygen atoms in total. The van der Waals surface area contributed by atoms with Gasteiger partial charge in [-0.25, -0.2) is 5.10 Å². The molecule has 2 aromatic heterocycles. The molecular formula is C15H13N3O3. The minimum atomic E-state index is -0.369. The maximum atomic E-state index is 12.3. The van der Waals surface area contributed by atoms with E-state index in [1.165, 1.54) is 0 Å². The number of aromatic amines is 1. The topological polar surface area (TPSA) is 88.0 Å². The van der Waals surface area contributed by atoms with Crippen LogP contribution in [-0.2, 0) is 0 Å². The van der Waals surface area contributed by atoms with Gasteiger partial charge < -0.3 is 9.73 Å². The van der Waals surface area contributed by atoms with Crippen LogP contribution in [0.3, 0.4) is 0 Å². The standard InChI is InChI=1S/C15H13N3O3/c1-9(12-7-4-8-21-12)16-15(20)13-10-5-2-3-6-11(10)14(19)18-17-13/h2-9H,1H3,(H,16,20)(H,18,19). The summed E-state index contributed by atoms with van der Waals surface area (Å²) in [5.41, 5.74) is -0.134. The van der Waals surface area contributed by atoms with E-state index < -0.39 is 0 Å². The van der Waals surface area contributed by atoms with E-state index in [1.54, 1.807) is 42.7 Å². The van der Waals surface area contributed by atoms with E-state index in [0.29, 0.717) is 16.5 Å². The summed E-state index contributed by atoms with van der Waals surface area (Å²) in [6.45, 7) is 1.81. The second kappa shape index (κ2) is 5.24. The molecule has 2 heterocycles. The molecule has 21 heavy (non-hydrogen) atoms. The molecule has 0 saturated heterocycles. The van der Waals surface area contributed by atoms with E-state index in [0.717, 1.165) is 0 Å². The third-order valence-electron chi connectivity index (χ3n) is 3.23. The molecule has 6 heteroatoms. The number of nitrogens with zero attached hydrogens (tertiary/aromatic N) is 1. The largest absolute Gasteiger partial charge is 0.467 e. The Morgan fingerprint density at radius 3 is 2.71 bits per heavy atom. The van der Waals surface area contributed by atoms with Gasteiger partial charge in [0, 0.05) is 5.39 Å². The van der Waals surface area contributed by atoms with Gasteiger partial charge in [-0.05, 0) is 25.1 Å². The summed E-state index contributed by atoms with van der Waals surface area (Å²) in [4.78, 5) is 24.0. The summed E-state index contributed by atoms with van der Waals surface area (Å²) in [5, 5.41) is 9.95. The van der Waals surface area contributed by atoms with E-state index in [9.17, 15) is 9.59 Å². The first-order chi connectivity index (χ1) is 10.2. The van der Waals surface area contributed by atoms with Gasteiger partial charge in [-0.3, -0.25) is 9.59 Å². The fourth-order valence-corrected chi connectivity index (χ4v) is 2.16. The van der Waals surface area contributed by atoms with E-state index in [-0.39, 0.29) is 23.2 Å². The number of fused-ring (bicyclic) bond motifs is 1. The van der Waals surface area contributed by atoms with Crippen molar-refractivity contribution in [2.75, 3.05) is 0 Å². The van der Waals surface area contributed by atoms with Crippen molar-refractivity contribution in [1.29, 1.82) is 0 Å². The third-order valence-corrected chi connectivity index (χ3v) is 3.23. The number of H-pyrrole nitrogens is 1. The van der Waals surface area contributed by atoms with Crippen LogP contribution in [0.1, 0.15) is 29.2 Å². The number of carbonyl (C=O) groups is 1. The molecule has 1 amide bonds. The zero-order chi connectivity index (χ0) is 14.8. The summed E-state index contributed by atoms with van der Waals surface area (Å²) < 4.78 is 5.25. The van der Waals surface area contributed by atoms with Crippen LogP contribution in [0.5, 0.6) is 0 Å². The van der Waals surface area contributed by atoms with Crippen molar-refractivity contribution >= 4 is 16.7 Å². The molecule has 106 valence electrons. The Morgan fingerprint density at radius 1 is 1.24 bits per heavy atom. The Hall–Kier alpha value is -2.89. The summed E-state index contributed by atoms with van der Waals surface area (Å²) in [6.07, 6.45) is 1.55. The summed E-state index contributed by atoms with van der Waals surface area (Å²) >= 11 is 0. The maximum Gasteiger partial charge on any atom is 0.272 e. The van der Waals surface area contributed by atoms with E-state index in [1.807, 2.05) is 6.92 Å². The van der Waals surface area contributed by atoms with Crippen LogP contribution in [0.15, 0.2) is 51.9 Å². The highest BCUT2D eigenvalue weighted by atomic mass is 16.3. The smallest absolute Gasteiger partial charge is 0.272 e.